The molecule has 0 saturated heterocycles. The van der Waals surface area contributed by atoms with Crippen molar-refractivity contribution in [3.05, 3.63) is 11.4 Å². The first-order valence-corrected chi connectivity index (χ1v) is 6.14. The van der Waals surface area contributed by atoms with Crippen molar-refractivity contribution in [3.63, 3.8) is 0 Å². The molecule has 2 bridgehead atoms. The van der Waals surface area contributed by atoms with Gasteiger partial charge in [-0.2, -0.15) is 0 Å². The third-order valence-corrected chi connectivity index (χ3v) is 4.09. The van der Waals surface area contributed by atoms with Gasteiger partial charge in [-0.3, -0.25) is 0 Å². The summed E-state index contributed by atoms with van der Waals surface area (Å²) in [5, 5.41) is 0.0279. The van der Waals surface area contributed by atoms with Crippen LogP contribution in [-0.4, -0.2) is 10.3 Å². The fourth-order valence-electron chi connectivity index (χ4n) is 2.53. The second-order valence-electron chi connectivity index (χ2n) is 4.45. The lowest BCUT2D eigenvalue weighted by Crippen LogP contribution is -2.33. The number of alkyl halides is 2. The van der Waals surface area contributed by atoms with Gasteiger partial charge in [-0.15, -0.1) is 23.2 Å². The Morgan fingerprint density at radius 2 is 2.07 bits per heavy atom. The molecule has 2 aliphatic rings. The zero-order valence-electron chi connectivity index (χ0n) is 8.16. The summed E-state index contributed by atoms with van der Waals surface area (Å²) in [6.45, 7) is 0. The van der Waals surface area contributed by atoms with Crippen LogP contribution in [0.15, 0.2) is 11.4 Å². The molecule has 0 aromatic carbocycles. The predicted molar refractivity (Wildman–Crippen MR) is 58.7 cm³/mol. The van der Waals surface area contributed by atoms with E-state index in [2.05, 4.69) is 0 Å². The monoisotopic (exact) mass is 236 g/mol. The van der Waals surface area contributed by atoms with Crippen LogP contribution in [0.4, 0.5) is 4.39 Å². The average molecular weight is 237 g/mol. The second kappa shape index (κ2) is 4.02. The van der Waals surface area contributed by atoms with Crippen LogP contribution in [0.1, 0.15) is 44.9 Å². The first-order chi connectivity index (χ1) is 6.62. The number of rotatable bonds is 0. The van der Waals surface area contributed by atoms with Crippen molar-refractivity contribution in [1.29, 1.82) is 0 Å². The third-order valence-electron chi connectivity index (χ3n) is 3.27. The largest absolute Gasteiger partial charge is 0.210 e. The smallest absolute Gasteiger partial charge is 0.120 e. The Morgan fingerprint density at radius 3 is 2.86 bits per heavy atom. The molecule has 0 aromatic heterocycles. The minimum absolute atomic E-state index is 0.0279. The molecule has 0 aliphatic heterocycles. The maximum Gasteiger partial charge on any atom is 0.120 e. The lowest BCUT2D eigenvalue weighted by atomic mass is 9.81. The number of halogens is 3. The molecule has 2 rings (SSSR count). The quantitative estimate of drug-likeness (QED) is 0.542. The van der Waals surface area contributed by atoms with E-state index in [-0.39, 0.29) is 11.2 Å². The first-order valence-electron chi connectivity index (χ1n) is 5.33. The zero-order chi connectivity index (χ0) is 10.2. The number of hydrogen-bond donors (Lipinski definition) is 0. The molecule has 2 aliphatic carbocycles. The van der Waals surface area contributed by atoms with Crippen molar-refractivity contribution in [1.82, 2.24) is 0 Å². The van der Waals surface area contributed by atoms with Gasteiger partial charge >= 0.3 is 0 Å². The maximum absolute atomic E-state index is 14.0. The molecule has 0 amide bonds. The van der Waals surface area contributed by atoms with E-state index in [0.29, 0.717) is 12.8 Å². The van der Waals surface area contributed by atoms with Gasteiger partial charge in [0, 0.05) is 5.38 Å². The molecule has 0 unspecified atom stereocenters. The number of allylic oxidation sites excluding steroid dienone is 2. The van der Waals surface area contributed by atoms with Gasteiger partial charge in [-0.05, 0) is 37.7 Å². The highest BCUT2D eigenvalue weighted by atomic mass is 35.5. The van der Waals surface area contributed by atoms with E-state index in [0.717, 1.165) is 37.7 Å². The van der Waals surface area contributed by atoms with E-state index >= 15 is 0 Å². The molecule has 3 heteroatoms. The number of hydrogen-bond acceptors (Lipinski definition) is 0. The molecule has 2 atom stereocenters. The predicted octanol–water partition coefficient (Wildman–Crippen LogP) is 4.55. The molecule has 0 aromatic rings. The van der Waals surface area contributed by atoms with E-state index in [1.54, 1.807) is 0 Å². The summed E-state index contributed by atoms with van der Waals surface area (Å²) in [6, 6.07) is 0. The molecule has 0 heterocycles. The highest BCUT2D eigenvalue weighted by Crippen LogP contribution is 2.47. The van der Waals surface area contributed by atoms with Gasteiger partial charge in [0.2, 0.25) is 0 Å². The van der Waals surface area contributed by atoms with E-state index in [1.165, 1.54) is 0 Å². The summed E-state index contributed by atoms with van der Waals surface area (Å²) in [6.07, 6.45) is 6.15. The molecule has 0 saturated carbocycles. The topological polar surface area (TPSA) is 0 Å². The first kappa shape index (κ1) is 10.8. The van der Waals surface area contributed by atoms with Crippen molar-refractivity contribution >= 4 is 23.2 Å². The Hall–Kier alpha value is 0.250. The molecule has 0 radical (unpaired) electrons. The van der Waals surface area contributed by atoms with E-state index in [4.69, 9.17) is 23.2 Å². The summed E-state index contributed by atoms with van der Waals surface area (Å²) in [5.74, 6) is -0.0595. The van der Waals surface area contributed by atoms with Crippen LogP contribution < -0.4 is 0 Å². The Balaban J connectivity index is 2.32. The van der Waals surface area contributed by atoms with Crippen LogP contribution in [0.5, 0.6) is 0 Å². The minimum atomic E-state index is -0.763. The molecule has 80 valence electrons. The highest BCUT2D eigenvalue weighted by molar-refractivity contribution is 6.27. The molecule has 0 spiro atoms. The zero-order valence-corrected chi connectivity index (χ0v) is 9.67. The van der Waals surface area contributed by atoms with Crippen LogP contribution in [-0.2, 0) is 0 Å². The highest BCUT2D eigenvalue weighted by Gasteiger charge is 2.41. The van der Waals surface area contributed by atoms with Crippen molar-refractivity contribution < 1.29 is 4.39 Å². The Morgan fingerprint density at radius 1 is 1.29 bits per heavy atom. The van der Waals surface area contributed by atoms with Crippen molar-refractivity contribution in [2.24, 2.45) is 0 Å². The van der Waals surface area contributed by atoms with Crippen LogP contribution in [0.25, 0.3) is 0 Å². The third kappa shape index (κ3) is 1.94. The minimum Gasteiger partial charge on any atom is -0.210 e. The molecular weight excluding hydrogens is 222 g/mol. The lowest BCUT2D eigenvalue weighted by Gasteiger charge is -2.35. The van der Waals surface area contributed by atoms with E-state index in [9.17, 15) is 4.39 Å². The van der Waals surface area contributed by atoms with Gasteiger partial charge in [-0.25, -0.2) is 4.39 Å². The Labute approximate surface area is 94.5 Å². The molecule has 0 nitrogen and oxygen atoms in total. The summed E-state index contributed by atoms with van der Waals surface area (Å²) < 4.78 is 14.0. The van der Waals surface area contributed by atoms with Gasteiger partial charge in [0.05, 0.1) is 4.87 Å². The summed E-state index contributed by atoms with van der Waals surface area (Å²) >= 11 is 12.4. The Bertz CT molecular complexity index is 262. The lowest BCUT2D eigenvalue weighted by molar-refractivity contribution is 0.372. The molecule has 0 N–H and O–H groups in total. The number of fused-ring (bicyclic) bond motifs is 1. The van der Waals surface area contributed by atoms with Crippen molar-refractivity contribution in [2.75, 3.05) is 0 Å². The van der Waals surface area contributed by atoms with E-state index in [1.807, 2.05) is 0 Å². The summed E-state index contributed by atoms with van der Waals surface area (Å²) in [5.41, 5.74) is 0.881. The SMILES string of the molecule is FC1=C2CCCCC[C@]1(Cl)C[C@H](Cl)C2. The molecule has 0 fully saturated rings. The van der Waals surface area contributed by atoms with Crippen LogP contribution in [0.3, 0.4) is 0 Å². The molecular formula is C11H15Cl2F. The van der Waals surface area contributed by atoms with Crippen LogP contribution in [0.2, 0.25) is 0 Å². The van der Waals surface area contributed by atoms with Gasteiger partial charge in [0.25, 0.3) is 0 Å². The fourth-order valence-corrected chi connectivity index (χ4v) is 3.51. The summed E-state index contributed by atoms with van der Waals surface area (Å²) in [7, 11) is 0. The standard InChI is InChI=1S/C11H15Cl2F/c12-9-6-8-4-2-1-3-5-11(13,7-9)10(8)14/h9H,1-7H2/t9-,11+/m1/s1. The van der Waals surface area contributed by atoms with Crippen LogP contribution >= 0.6 is 23.2 Å². The fraction of sp³-hybridized carbons (Fsp3) is 0.818. The second-order valence-corrected chi connectivity index (χ2v) is 5.79. The van der Waals surface area contributed by atoms with Gasteiger partial charge in [0.15, 0.2) is 0 Å². The van der Waals surface area contributed by atoms with Crippen molar-refractivity contribution in [3.8, 4) is 0 Å². The van der Waals surface area contributed by atoms with Gasteiger partial charge < -0.3 is 0 Å². The average Bonchev–Trinajstić information content (AvgIpc) is 2.12. The summed E-state index contributed by atoms with van der Waals surface area (Å²) in [4.78, 5) is -0.763. The van der Waals surface area contributed by atoms with Crippen molar-refractivity contribution in [2.45, 2.75) is 55.2 Å². The van der Waals surface area contributed by atoms with E-state index < -0.39 is 4.87 Å². The van der Waals surface area contributed by atoms with Gasteiger partial charge in [-0.1, -0.05) is 12.8 Å². The maximum atomic E-state index is 14.0. The van der Waals surface area contributed by atoms with Gasteiger partial charge in [0.1, 0.15) is 5.83 Å². The van der Waals surface area contributed by atoms with Crippen LogP contribution in [0, 0.1) is 0 Å². The Kier molecular flexibility index (Phi) is 3.09. The normalized spacial score (nSPS) is 39.2. The molecule has 14 heavy (non-hydrogen) atoms.